The Labute approximate surface area is 258 Å². The Morgan fingerprint density at radius 2 is 1.73 bits per heavy atom. The number of nitrogens with zero attached hydrogens (tertiary/aromatic N) is 4. The van der Waals surface area contributed by atoms with Gasteiger partial charge in [0.15, 0.2) is 11.5 Å². The third-order valence-corrected chi connectivity index (χ3v) is 7.74. The molecule has 1 aliphatic heterocycles. The lowest BCUT2D eigenvalue weighted by Gasteiger charge is -2.34. The number of piperidine rings is 1. The zero-order valence-corrected chi connectivity index (χ0v) is 24.0. The molecule has 1 amide bonds. The van der Waals surface area contributed by atoms with Crippen LogP contribution in [-0.4, -0.2) is 45.4 Å². The standard InChI is InChI=1S/C34H29FN6O4/c35-29-15-24(6-7-25(29)17-36)33-27(18-37)34(39-20-28(33)23-8-9-30(42)31(43)16-23)41-13-11-26(12-14-41)38-19-22-3-1-21(2-4-22)5-10-32(44)40-45/h1-10,15-16,20,26,38,42-43,45H,11-14,19H2,(H,40,44)/b10-5+. The minimum absolute atomic E-state index is 0.121. The molecule has 1 fully saturated rings. The topological polar surface area (TPSA) is 166 Å². The molecular formula is C34H29FN6O4. The molecule has 1 aromatic heterocycles. The summed E-state index contributed by atoms with van der Waals surface area (Å²) in [5.74, 6) is -1.51. The molecule has 226 valence electrons. The van der Waals surface area contributed by atoms with Gasteiger partial charge in [-0.3, -0.25) is 10.0 Å². The van der Waals surface area contributed by atoms with Crippen LogP contribution < -0.4 is 15.7 Å². The van der Waals surface area contributed by atoms with Crippen LogP contribution in [0.15, 0.2) is 72.9 Å². The largest absolute Gasteiger partial charge is 0.504 e. The summed E-state index contributed by atoms with van der Waals surface area (Å²) in [7, 11) is 0. The lowest BCUT2D eigenvalue weighted by Crippen LogP contribution is -2.42. The van der Waals surface area contributed by atoms with Crippen molar-refractivity contribution in [3.63, 3.8) is 0 Å². The van der Waals surface area contributed by atoms with E-state index in [0.717, 1.165) is 24.0 Å². The van der Waals surface area contributed by atoms with E-state index in [2.05, 4.69) is 16.4 Å². The molecule has 2 heterocycles. The van der Waals surface area contributed by atoms with E-state index in [1.807, 2.05) is 35.2 Å². The Morgan fingerprint density at radius 1 is 1.00 bits per heavy atom. The average Bonchev–Trinajstić information content (AvgIpc) is 3.07. The maximum atomic E-state index is 14.8. The number of benzene rings is 3. The molecular weight excluding hydrogens is 575 g/mol. The number of phenols is 2. The lowest BCUT2D eigenvalue weighted by atomic mass is 9.91. The Bertz CT molecular complexity index is 1840. The Kier molecular flexibility index (Phi) is 9.34. The smallest absolute Gasteiger partial charge is 0.267 e. The number of aromatic hydroxyl groups is 2. The number of nitriles is 2. The van der Waals surface area contributed by atoms with Crippen LogP contribution in [0.25, 0.3) is 28.3 Å². The zero-order valence-electron chi connectivity index (χ0n) is 24.0. The van der Waals surface area contributed by atoms with Gasteiger partial charge in [0.2, 0.25) is 0 Å². The molecule has 0 saturated carbocycles. The van der Waals surface area contributed by atoms with E-state index in [0.29, 0.717) is 47.7 Å². The first kappa shape index (κ1) is 30.7. The molecule has 45 heavy (non-hydrogen) atoms. The summed E-state index contributed by atoms with van der Waals surface area (Å²) < 4.78 is 14.8. The first-order chi connectivity index (χ1) is 21.8. The number of anilines is 1. The molecule has 0 aliphatic carbocycles. The molecule has 11 heteroatoms. The van der Waals surface area contributed by atoms with E-state index in [1.165, 1.54) is 30.3 Å². The minimum atomic E-state index is -0.719. The second-order valence-electron chi connectivity index (χ2n) is 10.6. The molecule has 1 saturated heterocycles. The van der Waals surface area contributed by atoms with Crippen LogP contribution in [0.3, 0.4) is 0 Å². The molecule has 4 aromatic rings. The van der Waals surface area contributed by atoms with Gasteiger partial charge in [-0.25, -0.2) is 14.9 Å². The molecule has 0 bridgehead atoms. The fourth-order valence-corrected chi connectivity index (χ4v) is 5.33. The Hall–Kier alpha value is -5.75. The summed E-state index contributed by atoms with van der Waals surface area (Å²) in [5.41, 5.74) is 5.30. The van der Waals surface area contributed by atoms with Crippen molar-refractivity contribution in [3.05, 3.63) is 101 Å². The molecule has 0 atom stereocenters. The Morgan fingerprint density at radius 3 is 2.38 bits per heavy atom. The number of aromatic nitrogens is 1. The summed E-state index contributed by atoms with van der Waals surface area (Å²) in [6.07, 6.45) is 6.00. The number of pyridine rings is 1. The maximum absolute atomic E-state index is 14.8. The SMILES string of the molecule is N#Cc1ccc(-c2c(-c3ccc(O)c(O)c3)cnc(N3CCC(NCc4ccc(/C=C/C(=O)NO)cc4)CC3)c2C#N)cc1F. The number of amides is 1. The third kappa shape index (κ3) is 6.92. The zero-order chi connectivity index (χ0) is 31.9. The van der Waals surface area contributed by atoms with E-state index in [-0.39, 0.29) is 28.7 Å². The number of hydrogen-bond acceptors (Lipinski definition) is 9. The van der Waals surface area contributed by atoms with Gasteiger partial charge in [-0.2, -0.15) is 10.5 Å². The van der Waals surface area contributed by atoms with Crippen LogP contribution >= 0.6 is 0 Å². The van der Waals surface area contributed by atoms with Gasteiger partial charge >= 0.3 is 0 Å². The fraction of sp³-hybridized carbons (Fsp3) is 0.176. The van der Waals surface area contributed by atoms with Gasteiger partial charge in [0.05, 0.1) is 5.56 Å². The van der Waals surface area contributed by atoms with Gasteiger partial charge in [0.25, 0.3) is 5.91 Å². The highest BCUT2D eigenvalue weighted by Crippen LogP contribution is 2.41. The van der Waals surface area contributed by atoms with E-state index in [4.69, 9.17) is 5.21 Å². The van der Waals surface area contributed by atoms with Gasteiger partial charge in [-0.15, -0.1) is 0 Å². The number of carbonyl (C=O) groups excluding carboxylic acids is 1. The van der Waals surface area contributed by atoms with E-state index >= 15 is 0 Å². The highest BCUT2D eigenvalue weighted by atomic mass is 19.1. The highest BCUT2D eigenvalue weighted by molar-refractivity contribution is 5.91. The number of halogens is 1. The predicted octanol–water partition coefficient (Wildman–Crippen LogP) is 4.99. The fourth-order valence-electron chi connectivity index (χ4n) is 5.33. The van der Waals surface area contributed by atoms with Crippen LogP contribution in [0.5, 0.6) is 11.5 Å². The molecule has 0 unspecified atom stereocenters. The highest BCUT2D eigenvalue weighted by Gasteiger charge is 2.26. The second-order valence-corrected chi connectivity index (χ2v) is 10.6. The van der Waals surface area contributed by atoms with Crippen molar-refractivity contribution in [2.45, 2.75) is 25.4 Å². The van der Waals surface area contributed by atoms with Crippen molar-refractivity contribution in [3.8, 4) is 45.9 Å². The first-order valence-electron chi connectivity index (χ1n) is 14.2. The summed E-state index contributed by atoms with van der Waals surface area (Å²) in [6.45, 7) is 1.89. The molecule has 5 rings (SSSR count). The lowest BCUT2D eigenvalue weighted by molar-refractivity contribution is -0.124. The molecule has 3 aromatic carbocycles. The van der Waals surface area contributed by atoms with Gasteiger partial charge in [0.1, 0.15) is 29.3 Å². The van der Waals surface area contributed by atoms with Crippen LogP contribution in [-0.2, 0) is 11.3 Å². The number of carbonyl (C=O) groups is 1. The summed E-state index contributed by atoms with van der Waals surface area (Å²) in [6, 6.07) is 20.4. The number of rotatable bonds is 8. The quantitative estimate of drug-likeness (QED) is 0.0806. The van der Waals surface area contributed by atoms with E-state index < -0.39 is 11.7 Å². The van der Waals surface area contributed by atoms with E-state index in [9.17, 15) is 29.9 Å². The van der Waals surface area contributed by atoms with Crippen LogP contribution in [0.4, 0.5) is 10.2 Å². The van der Waals surface area contributed by atoms with Gasteiger partial charge in [-0.05, 0) is 65.4 Å². The van der Waals surface area contributed by atoms with Crippen molar-refractivity contribution in [1.82, 2.24) is 15.8 Å². The van der Waals surface area contributed by atoms with Crippen LogP contribution in [0.2, 0.25) is 0 Å². The number of hydroxylamine groups is 1. The molecule has 0 spiro atoms. The second kappa shape index (κ2) is 13.7. The summed E-state index contributed by atoms with van der Waals surface area (Å²) in [4.78, 5) is 17.8. The van der Waals surface area contributed by atoms with Crippen molar-refractivity contribution in [1.29, 1.82) is 10.5 Å². The monoisotopic (exact) mass is 604 g/mol. The van der Waals surface area contributed by atoms with Gasteiger partial charge in [0, 0.05) is 49.1 Å². The number of hydrogen-bond donors (Lipinski definition) is 5. The normalized spacial score (nSPS) is 13.4. The van der Waals surface area contributed by atoms with Crippen molar-refractivity contribution < 1.29 is 24.6 Å². The number of phenolic OH excluding ortho intramolecular Hbond substituents is 2. The van der Waals surface area contributed by atoms with Crippen molar-refractivity contribution >= 4 is 17.8 Å². The number of nitrogens with one attached hydrogen (secondary N) is 2. The van der Waals surface area contributed by atoms with Gasteiger partial charge in [-0.1, -0.05) is 36.4 Å². The van der Waals surface area contributed by atoms with Crippen LogP contribution in [0, 0.1) is 28.5 Å². The minimum Gasteiger partial charge on any atom is -0.504 e. The average molecular weight is 605 g/mol. The van der Waals surface area contributed by atoms with E-state index in [1.54, 1.807) is 29.9 Å². The summed E-state index contributed by atoms with van der Waals surface area (Å²) in [5, 5.41) is 51.8. The summed E-state index contributed by atoms with van der Waals surface area (Å²) >= 11 is 0. The van der Waals surface area contributed by atoms with Crippen molar-refractivity contribution in [2.24, 2.45) is 0 Å². The Balaban J connectivity index is 1.36. The predicted molar refractivity (Wildman–Crippen MR) is 165 cm³/mol. The first-order valence-corrected chi connectivity index (χ1v) is 14.2. The molecule has 5 N–H and O–H groups in total. The van der Waals surface area contributed by atoms with Gasteiger partial charge < -0.3 is 20.4 Å². The molecule has 1 aliphatic rings. The molecule has 10 nitrogen and oxygen atoms in total. The third-order valence-electron chi connectivity index (χ3n) is 7.74. The van der Waals surface area contributed by atoms with Crippen LogP contribution in [0.1, 0.15) is 35.1 Å². The molecule has 0 radical (unpaired) electrons. The maximum Gasteiger partial charge on any atom is 0.267 e. The van der Waals surface area contributed by atoms with Crippen molar-refractivity contribution in [2.75, 3.05) is 18.0 Å².